The molecule has 0 atom stereocenters. The lowest BCUT2D eigenvalue weighted by atomic mass is 10.1. The minimum absolute atomic E-state index is 1.01. The predicted octanol–water partition coefficient (Wildman–Crippen LogP) is 2.04. The molecule has 1 N–H and O–H groups in total. The third-order valence-corrected chi connectivity index (χ3v) is 2.29. The number of aromatic nitrogens is 2. The Labute approximate surface area is 81.1 Å². The fraction of sp³-hybridized carbons (Fsp3) is 0. The number of benzene rings is 1. The molecule has 14 heavy (non-hydrogen) atoms. The first-order chi connectivity index (χ1) is 6.93. The van der Waals surface area contributed by atoms with E-state index in [1.165, 1.54) is 0 Å². The Morgan fingerprint density at radius 2 is 2.21 bits per heavy atom. The summed E-state index contributed by atoms with van der Waals surface area (Å²) in [5.74, 6) is 0. The van der Waals surface area contributed by atoms with Crippen LogP contribution < -0.4 is 5.32 Å². The minimum atomic E-state index is 1.01. The van der Waals surface area contributed by atoms with Crippen LogP contribution in [0.5, 0.6) is 0 Å². The fourth-order valence-electron chi connectivity index (χ4n) is 1.57. The van der Waals surface area contributed by atoms with Crippen LogP contribution in [0.3, 0.4) is 0 Å². The summed E-state index contributed by atoms with van der Waals surface area (Å²) in [4.78, 5) is 0. The fourth-order valence-corrected chi connectivity index (χ4v) is 1.57. The number of hydrogen-bond acceptors (Lipinski definition) is 1. The number of allylic oxidation sites excluding steroid dienone is 2. The third-order valence-electron chi connectivity index (χ3n) is 2.29. The lowest BCUT2D eigenvalue weighted by Gasteiger charge is -2.00. The average Bonchev–Trinajstić information content (AvgIpc) is 2.88. The van der Waals surface area contributed by atoms with Gasteiger partial charge in [-0.05, 0) is 24.3 Å². The van der Waals surface area contributed by atoms with Crippen molar-refractivity contribution in [2.75, 3.05) is 0 Å². The van der Waals surface area contributed by atoms with Crippen molar-refractivity contribution in [1.82, 2.24) is 15.5 Å². The van der Waals surface area contributed by atoms with E-state index >= 15 is 0 Å². The van der Waals surface area contributed by atoms with Crippen molar-refractivity contribution >= 4 is 16.6 Å². The maximum atomic E-state index is 4.25. The summed E-state index contributed by atoms with van der Waals surface area (Å²) < 4.78 is 0. The SMILES string of the molecule is C1=C[N]C(c2ccc3[nH]ncc3c2)=C1. The molecule has 1 radical (unpaired) electrons. The molecule has 0 bridgehead atoms. The van der Waals surface area contributed by atoms with E-state index in [2.05, 4.69) is 21.6 Å². The van der Waals surface area contributed by atoms with Crippen molar-refractivity contribution in [3.05, 3.63) is 48.3 Å². The molecular formula is C11H8N3. The Kier molecular flexibility index (Phi) is 1.44. The number of hydrogen-bond donors (Lipinski definition) is 1. The van der Waals surface area contributed by atoms with Crippen LogP contribution in [0.25, 0.3) is 16.6 Å². The van der Waals surface area contributed by atoms with Gasteiger partial charge < -0.3 is 0 Å². The molecule has 3 nitrogen and oxygen atoms in total. The largest absolute Gasteiger partial charge is 0.278 e. The lowest BCUT2D eigenvalue weighted by molar-refractivity contribution is 1.12. The summed E-state index contributed by atoms with van der Waals surface area (Å²) in [6.45, 7) is 0. The Morgan fingerprint density at radius 1 is 1.21 bits per heavy atom. The molecule has 0 saturated heterocycles. The van der Waals surface area contributed by atoms with Crippen LogP contribution in [0, 0.1) is 0 Å². The molecule has 1 aliphatic heterocycles. The number of aromatic amines is 1. The summed E-state index contributed by atoms with van der Waals surface area (Å²) in [6.07, 6.45) is 7.56. The lowest BCUT2D eigenvalue weighted by Crippen LogP contribution is -1.90. The zero-order valence-corrected chi connectivity index (χ0v) is 7.44. The third kappa shape index (κ3) is 1.03. The van der Waals surface area contributed by atoms with Crippen molar-refractivity contribution in [1.29, 1.82) is 0 Å². The molecule has 3 rings (SSSR count). The van der Waals surface area contributed by atoms with E-state index in [1.54, 1.807) is 6.20 Å². The Balaban J connectivity index is 2.13. The van der Waals surface area contributed by atoms with Crippen LogP contribution in [0.2, 0.25) is 0 Å². The highest BCUT2D eigenvalue weighted by Gasteiger charge is 2.05. The Hall–Kier alpha value is -2.03. The second-order valence-electron chi connectivity index (χ2n) is 3.19. The molecule has 0 unspecified atom stereocenters. The predicted molar refractivity (Wildman–Crippen MR) is 55.3 cm³/mol. The second-order valence-corrected chi connectivity index (χ2v) is 3.19. The van der Waals surface area contributed by atoms with E-state index in [1.807, 2.05) is 30.5 Å². The van der Waals surface area contributed by atoms with Gasteiger partial charge in [0.15, 0.2) is 0 Å². The van der Waals surface area contributed by atoms with Gasteiger partial charge in [0, 0.05) is 17.1 Å². The maximum absolute atomic E-state index is 4.25. The summed E-state index contributed by atoms with van der Waals surface area (Å²) in [7, 11) is 0. The molecule has 67 valence electrons. The molecule has 2 heterocycles. The van der Waals surface area contributed by atoms with Gasteiger partial charge in [-0.2, -0.15) is 5.10 Å². The van der Waals surface area contributed by atoms with E-state index in [9.17, 15) is 0 Å². The van der Waals surface area contributed by atoms with Gasteiger partial charge in [0.05, 0.1) is 17.4 Å². The molecule has 3 heteroatoms. The maximum Gasteiger partial charge on any atom is 0.0702 e. The highest BCUT2D eigenvalue weighted by Crippen LogP contribution is 2.20. The number of H-pyrrole nitrogens is 1. The first kappa shape index (κ1) is 7.38. The molecular weight excluding hydrogens is 174 g/mol. The molecule has 2 aromatic rings. The zero-order chi connectivity index (χ0) is 9.38. The molecule has 0 amide bonds. The quantitative estimate of drug-likeness (QED) is 0.720. The molecule has 0 saturated carbocycles. The summed E-state index contributed by atoms with van der Waals surface area (Å²) in [5.41, 5.74) is 3.19. The van der Waals surface area contributed by atoms with Crippen LogP contribution in [0.1, 0.15) is 5.56 Å². The first-order valence-corrected chi connectivity index (χ1v) is 4.45. The van der Waals surface area contributed by atoms with E-state index < -0.39 is 0 Å². The molecule has 1 aromatic carbocycles. The van der Waals surface area contributed by atoms with Gasteiger partial charge in [0.1, 0.15) is 0 Å². The van der Waals surface area contributed by atoms with Gasteiger partial charge in [-0.25, -0.2) is 0 Å². The summed E-state index contributed by atoms with van der Waals surface area (Å²) in [5, 5.41) is 12.3. The highest BCUT2D eigenvalue weighted by atomic mass is 15.1. The molecule has 1 aliphatic rings. The molecule has 0 aliphatic carbocycles. The van der Waals surface area contributed by atoms with Gasteiger partial charge >= 0.3 is 0 Å². The van der Waals surface area contributed by atoms with Gasteiger partial charge in [-0.15, -0.1) is 0 Å². The monoisotopic (exact) mass is 182 g/mol. The number of rotatable bonds is 1. The van der Waals surface area contributed by atoms with Crippen LogP contribution in [0.15, 0.2) is 42.7 Å². The van der Waals surface area contributed by atoms with Crippen LogP contribution in [0.4, 0.5) is 0 Å². The molecule has 0 fully saturated rings. The zero-order valence-electron chi connectivity index (χ0n) is 7.44. The summed E-state index contributed by atoms with van der Waals surface area (Å²) in [6, 6.07) is 6.15. The van der Waals surface area contributed by atoms with Crippen molar-refractivity contribution in [3.8, 4) is 0 Å². The Bertz CT molecular complexity index is 534. The standard InChI is InChI=1S/C11H8N3/c1-2-10(12-5-1)8-3-4-11-9(6-8)7-13-14-11/h1-7H,(H,13,14). The normalized spacial score (nSPS) is 14.4. The van der Waals surface area contributed by atoms with Crippen LogP contribution in [-0.4, -0.2) is 10.2 Å². The smallest absolute Gasteiger partial charge is 0.0702 e. The number of nitrogens with one attached hydrogen (secondary N) is 1. The van der Waals surface area contributed by atoms with Crippen molar-refractivity contribution < 1.29 is 0 Å². The molecule has 1 aromatic heterocycles. The van der Waals surface area contributed by atoms with Crippen LogP contribution >= 0.6 is 0 Å². The minimum Gasteiger partial charge on any atom is -0.278 e. The topological polar surface area (TPSA) is 42.8 Å². The van der Waals surface area contributed by atoms with Crippen LogP contribution in [-0.2, 0) is 0 Å². The first-order valence-electron chi connectivity index (χ1n) is 4.45. The molecule has 0 spiro atoms. The van der Waals surface area contributed by atoms with E-state index in [0.29, 0.717) is 0 Å². The van der Waals surface area contributed by atoms with Crippen molar-refractivity contribution in [2.45, 2.75) is 0 Å². The number of fused-ring (bicyclic) bond motifs is 1. The van der Waals surface area contributed by atoms with Gasteiger partial charge in [0.2, 0.25) is 0 Å². The van der Waals surface area contributed by atoms with Gasteiger partial charge in [-0.1, -0.05) is 6.07 Å². The number of nitrogens with zero attached hydrogens (tertiary/aromatic N) is 2. The van der Waals surface area contributed by atoms with Crippen molar-refractivity contribution in [2.24, 2.45) is 0 Å². The van der Waals surface area contributed by atoms with E-state index in [4.69, 9.17) is 0 Å². The van der Waals surface area contributed by atoms with Crippen molar-refractivity contribution in [3.63, 3.8) is 0 Å². The van der Waals surface area contributed by atoms with Gasteiger partial charge in [0.25, 0.3) is 0 Å². The Morgan fingerprint density at radius 3 is 3.07 bits per heavy atom. The second kappa shape index (κ2) is 2.73. The van der Waals surface area contributed by atoms with E-state index in [-0.39, 0.29) is 0 Å². The van der Waals surface area contributed by atoms with Gasteiger partial charge in [-0.3, -0.25) is 10.4 Å². The highest BCUT2D eigenvalue weighted by molar-refractivity contribution is 5.83. The average molecular weight is 182 g/mol. The summed E-state index contributed by atoms with van der Waals surface area (Å²) >= 11 is 0. The van der Waals surface area contributed by atoms with E-state index in [0.717, 1.165) is 22.2 Å².